The molecule has 1 aromatic carbocycles. The van der Waals surface area contributed by atoms with Gasteiger partial charge in [0.15, 0.2) is 0 Å². The van der Waals surface area contributed by atoms with Crippen LogP contribution >= 0.6 is 0 Å². The van der Waals surface area contributed by atoms with Crippen molar-refractivity contribution in [3.8, 4) is 5.75 Å². The number of hydrogen-bond acceptors (Lipinski definition) is 4. The van der Waals surface area contributed by atoms with Crippen molar-refractivity contribution in [3.05, 3.63) is 24.0 Å². The molecule has 1 aliphatic heterocycles. The molecule has 0 bridgehead atoms. The average Bonchev–Trinajstić information content (AvgIpc) is 2.50. The highest BCUT2D eigenvalue weighted by atomic mass is 19.1. The van der Waals surface area contributed by atoms with Crippen molar-refractivity contribution in [1.82, 2.24) is 5.32 Å². The summed E-state index contributed by atoms with van der Waals surface area (Å²) >= 11 is 0. The maximum Gasteiger partial charge on any atom is 0.408 e. The first-order chi connectivity index (χ1) is 10.2. The van der Waals surface area contributed by atoms with Crippen LogP contribution in [0.3, 0.4) is 0 Å². The van der Waals surface area contributed by atoms with Crippen molar-refractivity contribution in [3.63, 3.8) is 0 Å². The summed E-state index contributed by atoms with van der Waals surface area (Å²) in [5, 5.41) is 2.47. The number of anilines is 1. The fourth-order valence-corrected chi connectivity index (χ4v) is 2.02. The van der Waals surface area contributed by atoms with Crippen LogP contribution in [-0.4, -0.2) is 37.3 Å². The van der Waals surface area contributed by atoms with Crippen LogP contribution in [0.5, 0.6) is 5.75 Å². The van der Waals surface area contributed by atoms with Crippen LogP contribution in [0.25, 0.3) is 0 Å². The van der Waals surface area contributed by atoms with Gasteiger partial charge in [-0.2, -0.15) is 0 Å². The van der Waals surface area contributed by atoms with Crippen molar-refractivity contribution in [2.24, 2.45) is 0 Å². The number of likely N-dealkylation sites (N-methyl/N-ethyl adjacent to an activating group) is 1. The van der Waals surface area contributed by atoms with E-state index in [0.29, 0.717) is 11.4 Å². The molecule has 7 heteroatoms. The summed E-state index contributed by atoms with van der Waals surface area (Å²) in [4.78, 5) is 25.4. The van der Waals surface area contributed by atoms with Crippen LogP contribution in [0, 0.1) is 5.82 Å². The minimum atomic E-state index is -0.907. The van der Waals surface area contributed by atoms with E-state index in [1.165, 1.54) is 30.1 Å². The summed E-state index contributed by atoms with van der Waals surface area (Å²) in [5.41, 5.74) is -0.352. The molecule has 2 rings (SSSR count). The van der Waals surface area contributed by atoms with Crippen LogP contribution in [0.2, 0.25) is 0 Å². The summed E-state index contributed by atoms with van der Waals surface area (Å²) < 4.78 is 24.0. The fraction of sp³-hybridized carbons (Fsp3) is 0.467. The summed E-state index contributed by atoms with van der Waals surface area (Å²) in [5.74, 6) is -0.499. The van der Waals surface area contributed by atoms with E-state index in [2.05, 4.69) is 5.32 Å². The lowest BCUT2D eigenvalue weighted by Crippen LogP contribution is -2.50. The van der Waals surface area contributed by atoms with Crippen molar-refractivity contribution in [2.45, 2.75) is 32.4 Å². The first-order valence-corrected chi connectivity index (χ1v) is 6.87. The molecule has 0 fully saturated rings. The normalized spacial score (nSPS) is 18.1. The summed E-state index contributed by atoms with van der Waals surface area (Å²) in [6.07, 6.45) is -0.708. The van der Waals surface area contributed by atoms with Crippen LogP contribution in [0.1, 0.15) is 20.8 Å². The Labute approximate surface area is 128 Å². The quantitative estimate of drug-likeness (QED) is 0.862. The molecule has 0 aliphatic carbocycles. The highest BCUT2D eigenvalue weighted by Gasteiger charge is 2.32. The number of halogens is 1. The van der Waals surface area contributed by atoms with Crippen LogP contribution in [-0.2, 0) is 9.53 Å². The van der Waals surface area contributed by atoms with Gasteiger partial charge in [-0.15, -0.1) is 0 Å². The Morgan fingerprint density at radius 3 is 2.77 bits per heavy atom. The third-order valence-corrected chi connectivity index (χ3v) is 3.01. The molecule has 1 atom stereocenters. The molecule has 6 nitrogen and oxygen atoms in total. The van der Waals surface area contributed by atoms with Gasteiger partial charge in [0.1, 0.15) is 29.8 Å². The van der Waals surface area contributed by atoms with Gasteiger partial charge in [-0.05, 0) is 32.9 Å². The number of carbonyl (C=O) groups is 2. The fourth-order valence-electron chi connectivity index (χ4n) is 2.02. The van der Waals surface area contributed by atoms with E-state index in [1.54, 1.807) is 20.8 Å². The Balaban J connectivity index is 2.15. The zero-order valence-corrected chi connectivity index (χ0v) is 13.0. The predicted octanol–water partition coefficient (Wildman–Crippen LogP) is 2.07. The number of amides is 2. The molecule has 0 radical (unpaired) electrons. The second-order valence-corrected chi connectivity index (χ2v) is 6.02. The van der Waals surface area contributed by atoms with Gasteiger partial charge in [0.25, 0.3) is 5.91 Å². The topological polar surface area (TPSA) is 67.9 Å². The third kappa shape index (κ3) is 3.66. The zero-order valence-electron chi connectivity index (χ0n) is 13.0. The van der Waals surface area contributed by atoms with Crippen LogP contribution < -0.4 is 15.0 Å². The lowest BCUT2D eigenvalue weighted by molar-refractivity contribution is -0.120. The molecule has 22 heavy (non-hydrogen) atoms. The number of hydrogen-bond donors (Lipinski definition) is 1. The summed E-state index contributed by atoms with van der Waals surface area (Å²) in [6, 6.07) is 3.00. The van der Waals surface area contributed by atoms with Gasteiger partial charge < -0.3 is 19.7 Å². The monoisotopic (exact) mass is 310 g/mol. The summed E-state index contributed by atoms with van der Waals surface area (Å²) in [7, 11) is 1.50. The van der Waals surface area contributed by atoms with E-state index >= 15 is 0 Å². The van der Waals surface area contributed by atoms with E-state index < -0.39 is 29.5 Å². The number of ether oxygens (including phenoxy) is 2. The van der Waals surface area contributed by atoms with Crippen molar-refractivity contribution >= 4 is 17.7 Å². The molecular formula is C15H19FN2O4. The van der Waals surface area contributed by atoms with E-state index in [0.717, 1.165) is 0 Å². The first-order valence-electron chi connectivity index (χ1n) is 6.87. The molecule has 0 aromatic heterocycles. The molecule has 1 heterocycles. The van der Waals surface area contributed by atoms with Gasteiger partial charge >= 0.3 is 6.09 Å². The van der Waals surface area contributed by atoms with E-state index in [4.69, 9.17) is 9.47 Å². The largest absolute Gasteiger partial charge is 0.489 e. The van der Waals surface area contributed by atoms with Gasteiger partial charge in [0.05, 0.1) is 5.69 Å². The smallest absolute Gasteiger partial charge is 0.408 e. The van der Waals surface area contributed by atoms with Gasteiger partial charge in [-0.3, -0.25) is 4.79 Å². The maximum absolute atomic E-state index is 13.3. The van der Waals surface area contributed by atoms with Crippen molar-refractivity contribution in [1.29, 1.82) is 0 Å². The van der Waals surface area contributed by atoms with E-state index in [1.807, 2.05) is 0 Å². The SMILES string of the molecule is CN1C(=O)C(NC(=O)OC(C)(C)C)COc2ccc(F)cc21. The average molecular weight is 310 g/mol. The number of nitrogens with one attached hydrogen (secondary N) is 1. The Morgan fingerprint density at radius 1 is 1.45 bits per heavy atom. The van der Waals surface area contributed by atoms with Crippen LogP contribution in [0.15, 0.2) is 18.2 Å². The molecule has 0 saturated heterocycles. The number of benzene rings is 1. The number of rotatable bonds is 1. The minimum Gasteiger partial charge on any atom is -0.489 e. The van der Waals surface area contributed by atoms with E-state index in [-0.39, 0.29) is 6.61 Å². The lowest BCUT2D eigenvalue weighted by Gasteiger charge is -2.23. The Bertz CT molecular complexity index is 598. The number of fused-ring (bicyclic) bond motifs is 1. The number of nitrogens with zero attached hydrogens (tertiary/aromatic N) is 1. The van der Waals surface area contributed by atoms with Gasteiger partial charge in [-0.1, -0.05) is 0 Å². The maximum atomic E-state index is 13.3. The Morgan fingerprint density at radius 2 is 2.14 bits per heavy atom. The molecule has 1 N–H and O–H groups in total. The van der Waals surface area contributed by atoms with Gasteiger partial charge in [0.2, 0.25) is 0 Å². The second-order valence-electron chi connectivity index (χ2n) is 6.02. The van der Waals surface area contributed by atoms with Crippen molar-refractivity contribution < 1.29 is 23.5 Å². The molecule has 120 valence electrons. The minimum absolute atomic E-state index is 0.0545. The van der Waals surface area contributed by atoms with E-state index in [9.17, 15) is 14.0 Å². The zero-order chi connectivity index (χ0) is 16.5. The standard InChI is InChI=1S/C15H19FN2O4/c1-15(2,3)22-14(20)17-10-8-21-12-6-5-9(16)7-11(12)18(4)13(10)19/h5-7,10H,8H2,1-4H3,(H,17,20). The number of alkyl carbamates (subject to hydrolysis) is 1. The highest BCUT2D eigenvalue weighted by Crippen LogP contribution is 2.31. The molecule has 2 amide bonds. The molecule has 0 spiro atoms. The third-order valence-electron chi connectivity index (χ3n) is 3.01. The lowest BCUT2D eigenvalue weighted by atomic mass is 10.2. The molecular weight excluding hydrogens is 291 g/mol. The molecule has 1 unspecified atom stereocenters. The predicted molar refractivity (Wildman–Crippen MR) is 78.5 cm³/mol. The summed E-state index contributed by atoms with van der Waals surface area (Å²) in [6.45, 7) is 5.12. The first kappa shape index (κ1) is 16.1. The number of carbonyl (C=O) groups excluding carboxylic acids is 2. The highest BCUT2D eigenvalue weighted by molar-refractivity contribution is 6.00. The van der Waals surface area contributed by atoms with Gasteiger partial charge in [0, 0.05) is 13.1 Å². The second kappa shape index (κ2) is 5.82. The van der Waals surface area contributed by atoms with Gasteiger partial charge in [-0.25, -0.2) is 9.18 Å². The molecule has 1 aliphatic rings. The van der Waals surface area contributed by atoms with Crippen molar-refractivity contribution in [2.75, 3.05) is 18.6 Å². The Kier molecular flexibility index (Phi) is 4.25. The van der Waals surface area contributed by atoms with Crippen LogP contribution in [0.4, 0.5) is 14.9 Å². The molecule has 0 saturated carbocycles. The Hall–Kier alpha value is -2.31. The molecule has 1 aromatic rings.